The van der Waals surface area contributed by atoms with Crippen LogP contribution in [0.1, 0.15) is 0 Å². The summed E-state index contributed by atoms with van der Waals surface area (Å²) in [4.78, 5) is 0. The van der Waals surface area contributed by atoms with Gasteiger partial charge in [0, 0.05) is 0 Å². The van der Waals surface area contributed by atoms with Crippen molar-refractivity contribution in [2.24, 2.45) is 0 Å². The molecule has 0 atom stereocenters. The summed E-state index contributed by atoms with van der Waals surface area (Å²) in [6.45, 7) is 0. The normalized spacial score (nSPS) is 8.11. The van der Waals surface area contributed by atoms with Crippen LogP contribution in [0.25, 0.3) is 0 Å². The summed E-state index contributed by atoms with van der Waals surface area (Å²) in [6.07, 6.45) is 0. The van der Waals surface area contributed by atoms with Gasteiger partial charge in [0.05, 0.1) is 4.47 Å². The zero-order valence-corrected chi connectivity index (χ0v) is 6.43. The fraction of sp³-hybridized carbons (Fsp3) is 0. The lowest BCUT2D eigenvalue weighted by molar-refractivity contribution is 0.472. The Bertz CT molecular complexity index is 169. The van der Waals surface area contributed by atoms with E-state index in [0.29, 0.717) is 0 Å². The molecule has 0 fully saturated rings. The van der Waals surface area contributed by atoms with Crippen LogP contribution in [-0.4, -0.2) is 5.11 Å². The number of phenols is 1. The average molecular weight is 190 g/mol. The van der Waals surface area contributed by atoms with E-state index in [0.717, 1.165) is 4.47 Å². The molecule has 9 heavy (non-hydrogen) atoms. The van der Waals surface area contributed by atoms with Crippen molar-refractivity contribution in [3.05, 3.63) is 28.7 Å². The molecule has 0 aromatic heterocycles. The van der Waals surface area contributed by atoms with Crippen LogP contribution in [0.2, 0.25) is 0 Å². The van der Waals surface area contributed by atoms with Crippen LogP contribution in [0.15, 0.2) is 28.7 Å². The number of phenolic OH excluding ortho intramolecular Hbond substituents is 1. The van der Waals surface area contributed by atoms with E-state index in [4.69, 9.17) is 5.11 Å². The maximum absolute atomic E-state index is 8.87. The van der Waals surface area contributed by atoms with Crippen molar-refractivity contribution in [3.63, 3.8) is 0 Å². The highest BCUT2D eigenvalue weighted by Crippen LogP contribution is 2.21. The Hall–Kier alpha value is -0.540. The van der Waals surface area contributed by atoms with Crippen molar-refractivity contribution in [1.82, 2.24) is 6.15 Å². The van der Waals surface area contributed by atoms with Gasteiger partial charge in [-0.1, -0.05) is 12.1 Å². The summed E-state index contributed by atoms with van der Waals surface area (Å²) in [5, 5.41) is 8.87. The van der Waals surface area contributed by atoms with Crippen molar-refractivity contribution in [2.45, 2.75) is 0 Å². The monoisotopic (exact) mass is 189 g/mol. The molecule has 0 heterocycles. The molecule has 1 aromatic rings. The zero-order valence-electron chi connectivity index (χ0n) is 4.84. The van der Waals surface area contributed by atoms with E-state index in [1.165, 1.54) is 0 Å². The standard InChI is InChI=1S/C6H5BrO.H3N/c7-5-3-1-2-4-6(5)8;/h1-4,8H;1H3. The minimum atomic E-state index is 0. The van der Waals surface area contributed by atoms with E-state index in [9.17, 15) is 0 Å². The fourth-order valence-electron chi connectivity index (χ4n) is 0.452. The molecule has 0 aliphatic rings. The van der Waals surface area contributed by atoms with Crippen molar-refractivity contribution >= 4 is 15.9 Å². The van der Waals surface area contributed by atoms with Gasteiger partial charge in [-0.2, -0.15) is 0 Å². The molecule has 4 N–H and O–H groups in total. The molecular formula is C6H8BrNO. The molecule has 0 amide bonds. The molecule has 0 unspecified atom stereocenters. The lowest BCUT2D eigenvalue weighted by Gasteiger charge is -1.90. The Labute approximate surface area is 62.2 Å². The number of para-hydroxylation sites is 1. The number of benzene rings is 1. The van der Waals surface area contributed by atoms with E-state index in [1.54, 1.807) is 18.2 Å². The third kappa shape index (κ3) is 2.03. The van der Waals surface area contributed by atoms with E-state index < -0.39 is 0 Å². The maximum Gasteiger partial charge on any atom is 0.129 e. The molecule has 1 rings (SSSR count). The first-order chi connectivity index (χ1) is 3.80. The summed E-state index contributed by atoms with van der Waals surface area (Å²) in [6, 6.07) is 7.04. The topological polar surface area (TPSA) is 55.2 Å². The smallest absolute Gasteiger partial charge is 0.129 e. The third-order valence-electron chi connectivity index (χ3n) is 0.852. The third-order valence-corrected chi connectivity index (χ3v) is 1.52. The van der Waals surface area contributed by atoms with E-state index >= 15 is 0 Å². The molecule has 50 valence electrons. The van der Waals surface area contributed by atoms with Crippen LogP contribution in [-0.2, 0) is 0 Å². The lowest BCUT2D eigenvalue weighted by atomic mass is 10.3. The highest BCUT2D eigenvalue weighted by atomic mass is 79.9. The molecule has 0 radical (unpaired) electrons. The first kappa shape index (κ1) is 8.46. The number of aromatic hydroxyl groups is 1. The predicted molar refractivity (Wildman–Crippen MR) is 40.8 cm³/mol. The van der Waals surface area contributed by atoms with Crippen LogP contribution in [0, 0.1) is 0 Å². The van der Waals surface area contributed by atoms with Gasteiger partial charge >= 0.3 is 0 Å². The van der Waals surface area contributed by atoms with Gasteiger partial charge in [-0.25, -0.2) is 0 Å². The second kappa shape index (κ2) is 3.48. The highest BCUT2D eigenvalue weighted by Gasteiger charge is 1.89. The molecule has 0 saturated carbocycles. The number of hydrogen-bond donors (Lipinski definition) is 2. The maximum atomic E-state index is 8.87. The van der Waals surface area contributed by atoms with Crippen LogP contribution in [0.3, 0.4) is 0 Å². The molecule has 0 aliphatic carbocycles. The summed E-state index contributed by atoms with van der Waals surface area (Å²) < 4.78 is 0.736. The molecule has 0 bridgehead atoms. The minimum absolute atomic E-state index is 0. The van der Waals surface area contributed by atoms with E-state index in [1.807, 2.05) is 6.07 Å². The zero-order chi connectivity index (χ0) is 5.98. The van der Waals surface area contributed by atoms with Crippen LogP contribution in [0.5, 0.6) is 5.75 Å². The van der Waals surface area contributed by atoms with Gasteiger partial charge in [-0.15, -0.1) is 0 Å². The van der Waals surface area contributed by atoms with Gasteiger partial charge in [-0.3, -0.25) is 0 Å². The highest BCUT2D eigenvalue weighted by molar-refractivity contribution is 9.10. The SMILES string of the molecule is N.Oc1ccccc1Br. The van der Waals surface area contributed by atoms with Crippen molar-refractivity contribution in [3.8, 4) is 5.75 Å². The fourth-order valence-corrected chi connectivity index (χ4v) is 0.737. The van der Waals surface area contributed by atoms with Crippen LogP contribution < -0.4 is 6.15 Å². The van der Waals surface area contributed by atoms with E-state index in [2.05, 4.69) is 15.9 Å². The summed E-state index contributed by atoms with van der Waals surface area (Å²) in [7, 11) is 0. The molecule has 0 saturated heterocycles. The van der Waals surface area contributed by atoms with Gasteiger partial charge in [0.25, 0.3) is 0 Å². The molecule has 3 heteroatoms. The van der Waals surface area contributed by atoms with E-state index in [-0.39, 0.29) is 11.9 Å². The van der Waals surface area contributed by atoms with Crippen molar-refractivity contribution in [2.75, 3.05) is 0 Å². The molecule has 2 nitrogen and oxygen atoms in total. The van der Waals surface area contributed by atoms with Gasteiger partial charge in [0.2, 0.25) is 0 Å². The van der Waals surface area contributed by atoms with Gasteiger partial charge in [-0.05, 0) is 28.1 Å². The Morgan fingerprint density at radius 3 is 2.11 bits per heavy atom. The number of rotatable bonds is 0. The van der Waals surface area contributed by atoms with Crippen LogP contribution >= 0.6 is 15.9 Å². The summed E-state index contributed by atoms with van der Waals surface area (Å²) in [5.74, 6) is 0.285. The summed E-state index contributed by atoms with van der Waals surface area (Å²) in [5.41, 5.74) is 0. The second-order valence-electron chi connectivity index (χ2n) is 1.45. The molecular weight excluding hydrogens is 182 g/mol. The van der Waals surface area contributed by atoms with Gasteiger partial charge < -0.3 is 11.3 Å². The molecule has 0 spiro atoms. The average Bonchev–Trinajstić information content (AvgIpc) is 1.77. The Balaban J connectivity index is 0.000000640. The first-order valence-electron chi connectivity index (χ1n) is 2.24. The first-order valence-corrected chi connectivity index (χ1v) is 3.03. The molecule has 0 aliphatic heterocycles. The lowest BCUT2D eigenvalue weighted by Crippen LogP contribution is -1.63. The number of hydrogen-bond acceptors (Lipinski definition) is 2. The minimum Gasteiger partial charge on any atom is -0.507 e. The van der Waals surface area contributed by atoms with Crippen molar-refractivity contribution in [1.29, 1.82) is 0 Å². The Morgan fingerprint density at radius 2 is 1.78 bits per heavy atom. The predicted octanol–water partition coefficient (Wildman–Crippen LogP) is 2.32. The Kier molecular flexibility index (Phi) is 3.27. The largest absolute Gasteiger partial charge is 0.507 e. The molecule has 1 aromatic carbocycles. The quantitative estimate of drug-likeness (QED) is 0.659. The van der Waals surface area contributed by atoms with Gasteiger partial charge in [0.15, 0.2) is 0 Å². The second-order valence-corrected chi connectivity index (χ2v) is 2.31. The summed E-state index contributed by atoms with van der Waals surface area (Å²) >= 11 is 3.15. The van der Waals surface area contributed by atoms with Crippen LogP contribution in [0.4, 0.5) is 0 Å². The van der Waals surface area contributed by atoms with Crippen molar-refractivity contribution < 1.29 is 5.11 Å². The Morgan fingerprint density at radius 1 is 1.22 bits per heavy atom. The van der Waals surface area contributed by atoms with Gasteiger partial charge in [0.1, 0.15) is 5.75 Å². The number of halogens is 1.